The van der Waals surface area contributed by atoms with Gasteiger partial charge in [0.25, 0.3) is 0 Å². The first-order valence-corrected chi connectivity index (χ1v) is 14.4. The maximum Gasteiger partial charge on any atom is 0.344 e. The van der Waals surface area contributed by atoms with E-state index in [0.717, 1.165) is 28.0 Å². The molecule has 0 aromatic heterocycles. The van der Waals surface area contributed by atoms with Crippen LogP contribution in [0.5, 0.6) is 5.75 Å². The van der Waals surface area contributed by atoms with Gasteiger partial charge in [-0.3, -0.25) is 0 Å². The summed E-state index contributed by atoms with van der Waals surface area (Å²) in [6.07, 6.45) is 0.734. The van der Waals surface area contributed by atoms with Crippen LogP contribution in [0.1, 0.15) is 25.8 Å². The third-order valence-electron chi connectivity index (χ3n) is 5.48. The van der Waals surface area contributed by atoms with Gasteiger partial charge in [0, 0.05) is 23.7 Å². The van der Waals surface area contributed by atoms with E-state index in [1.807, 2.05) is 74.5 Å². The molecule has 0 aliphatic heterocycles. The fraction of sp³-hybridized carbons (Fsp3) is 0.321. The number of carbonyl (C=O) groups excluding carboxylic acids is 1. The molecule has 192 valence electrons. The summed E-state index contributed by atoms with van der Waals surface area (Å²) in [6.45, 7) is 6.70. The molecule has 3 rings (SSSR count). The topological polar surface area (TPSA) is 72.9 Å². The molecule has 0 N–H and O–H groups in total. The van der Waals surface area contributed by atoms with E-state index in [9.17, 15) is 13.2 Å². The van der Waals surface area contributed by atoms with Crippen molar-refractivity contribution >= 4 is 27.8 Å². The Morgan fingerprint density at radius 3 is 2.25 bits per heavy atom. The van der Waals surface area contributed by atoms with E-state index >= 15 is 0 Å². The number of thioether (sulfide) groups is 1. The quantitative estimate of drug-likeness (QED) is 0.207. The van der Waals surface area contributed by atoms with Gasteiger partial charge in [0.15, 0.2) is 6.61 Å². The normalized spacial score (nSPS) is 11.4. The van der Waals surface area contributed by atoms with Crippen molar-refractivity contribution in [3.63, 3.8) is 0 Å². The average molecular weight is 528 g/mol. The van der Waals surface area contributed by atoms with Crippen molar-refractivity contribution in [3.05, 3.63) is 78.4 Å². The molecule has 36 heavy (non-hydrogen) atoms. The van der Waals surface area contributed by atoms with Crippen molar-refractivity contribution in [2.45, 2.75) is 37.0 Å². The number of ether oxygens (including phenoxy) is 2. The minimum absolute atomic E-state index is 0.128. The van der Waals surface area contributed by atoms with Crippen molar-refractivity contribution in [2.75, 3.05) is 32.1 Å². The van der Waals surface area contributed by atoms with Crippen molar-refractivity contribution in [1.29, 1.82) is 0 Å². The van der Waals surface area contributed by atoms with Gasteiger partial charge in [-0.15, -0.1) is 11.8 Å². The van der Waals surface area contributed by atoms with Gasteiger partial charge in [0.1, 0.15) is 5.75 Å². The predicted octanol–water partition coefficient (Wildman–Crippen LogP) is 5.80. The van der Waals surface area contributed by atoms with Crippen LogP contribution in [0.3, 0.4) is 0 Å². The lowest BCUT2D eigenvalue weighted by atomic mass is 10.1. The third kappa shape index (κ3) is 7.59. The fourth-order valence-corrected chi connectivity index (χ4v) is 6.30. The summed E-state index contributed by atoms with van der Waals surface area (Å²) in [4.78, 5) is 12.8. The molecule has 8 heteroatoms. The van der Waals surface area contributed by atoms with Gasteiger partial charge in [-0.1, -0.05) is 49.4 Å². The Morgan fingerprint density at radius 2 is 1.61 bits per heavy atom. The zero-order chi connectivity index (χ0) is 26.0. The highest BCUT2D eigenvalue weighted by Gasteiger charge is 2.23. The molecule has 0 radical (unpaired) electrons. The largest absolute Gasteiger partial charge is 0.482 e. The zero-order valence-corrected chi connectivity index (χ0v) is 22.6. The number of benzene rings is 3. The standard InChI is InChI=1S/C28H33NO5S2/c1-4-17-29(36(31,32)26-14-11-24(12-15-26)23-9-7-6-8-10-23)18-19-35-25-13-16-27(22(3)20-25)34-21-28(30)33-5-2/h6-16,20H,4-5,17-19,21H2,1-3H3. The molecule has 0 atom stereocenters. The molecule has 0 bridgehead atoms. The first kappa shape index (κ1) is 27.8. The van der Waals surface area contributed by atoms with E-state index in [4.69, 9.17) is 9.47 Å². The fourth-order valence-electron chi connectivity index (χ4n) is 3.68. The molecule has 0 aliphatic rings. The number of carbonyl (C=O) groups is 1. The van der Waals surface area contributed by atoms with E-state index in [0.29, 0.717) is 36.1 Å². The van der Waals surface area contributed by atoms with Crippen molar-refractivity contribution in [3.8, 4) is 16.9 Å². The summed E-state index contributed by atoms with van der Waals surface area (Å²) in [6, 6.07) is 22.7. The van der Waals surface area contributed by atoms with Crippen LogP contribution in [0.25, 0.3) is 11.1 Å². The Morgan fingerprint density at radius 1 is 0.917 bits per heavy atom. The van der Waals surface area contributed by atoms with Crippen LogP contribution in [0.15, 0.2) is 82.6 Å². The maximum atomic E-state index is 13.3. The summed E-state index contributed by atoms with van der Waals surface area (Å²) in [5.41, 5.74) is 2.94. The van der Waals surface area contributed by atoms with Crippen LogP contribution in [0.4, 0.5) is 0 Å². The van der Waals surface area contributed by atoms with Crippen LogP contribution in [0, 0.1) is 6.92 Å². The second-order valence-corrected chi connectivity index (χ2v) is 11.3. The van der Waals surface area contributed by atoms with Gasteiger partial charge in [-0.25, -0.2) is 13.2 Å². The number of hydrogen-bond acceptors (Lipinski definition) is 6. The number of aryl methyl sites for hydroxylation is 1. The minimum atomic E-state index is -3.60. The third-order valence-corrected chi connectivity index (χ3v) is 8.37. The second kappa shape index (κ2) is 13.5. The second-order valence-electron chi connectivity index (χ2n) is 8.16. The van der Waals surface area contributed by atoms with Gasteiger partial charge < -0.3 is 9.47 Å². The van der Waals surface area contributed by atoms with Gasteiger partial charge in [0.05, 0.1) is 11.5 Å². The van der Waals surface area contributed by atoms with Crippen LogP contribution in [0.2, 0.25) is 0 Å². The monoisotopic (exact) mass is 527 g/mol. The smallest absolute Gasteiger partial charge is 0.344 e. The Balaban J connectivity index is 1.61. The number of hydrogen-bond donors (Lipinski definition) is 0. The average Bonchev–Trinajstić information content (AvgIpc) is 2.88. The molecule has 3 aromatic carbocycles. The molecule has 0 spiro atoms. The molecular weight excluding hydrogens is 494 g/mol. The van der Waals surface area contributed by atoms with Gasteiger partial charge in [-0.2, -0.15) is 4.31 Å². The molecule has 6 nitrogen and oxygen atoms in total. The summed E-state index contributed by atoms with van der Waals surface area (Å²) in [7, 11) is -3.60. The lowest BCUT2D eigenvalue weighted by Crippen LogP contribution is -2.33. The highest BCUT2D eigenvalue weighted by atomic mass is 32.2. The number of esters is 1. The highest BCUT2D eigenvalue weighted by Crippen LogP contribution is 2.27. The van der Waals surface area contributed by atoms with Crippen molar-refractivity contribution < 1.29 is 22.7 Å². The molecule has 0 unspecified atom stereocenters. The lowest BCUT2D eigenvalue weighted by Gasteiger charge is -2.22. The molecule has 0 saturated heterocycles. The summed E-state index contributed by atoms with van der Waals surface area (Å²) >= 11 is 1.59. The Hall–Kier alpha value is -2.81. The number of sulfonamides is 1. The molecule has 0 heterocycles. The van der Waals surface area contributed by atoms with Gasteiger partial charge >= 0.3 is 5.97 Å². The molecule has 0 aliphatic carbocycles. The lowest BCUT2D eigenvalue weighted by molar-refractivity contribution is -0.145. The first-order valence-electron chi connectivity index (χ1n) is 12.0. The molecule has 0 amide bonds. The highest BCUT2D eigenvalue weighted by molar-refractivity contribution is 7.99. The van der Waals surface area contributed by atoms with E-state index < -0.39 is 16.0 Å². The minimum Gasteiger partial charge on any atom is -0.482 e. The Bertz CT molecular complexity index is 1230. The van der Waals surface area contributed by atoms with Gasteiger partial charge in [-0.05, 0) is 67.3 Å². The van der Waals surface area contributed by atoms with E-state index in [-0.39, 0.29) is 6.61 Å². The van der Waals surface area contributed by atoms with Crippen LogP contribution in [-0.2, 0) is 19.6 Å². The van der Waals surface area contributed by atoms with Crippen LogP contribution >= 0.6 is 11.8 Å². The van der Waals surface area contributed by atoms with Crippen LogP contribution in [-0.4, -0.2) is 50.7 Å². The number of rotatable bonds is 13. The van der Waals surface area contributed by atoms with Crippen LogP contribution < -0.4 is 4.74 Å². The summed E-state index contributed by atoms with van der Waals surface area (Å²) in [5.74, 6) is 0.841. The summed E-state index contributed by atoms with van der Waals surface area (Å²) in [5, 5.41) is 0. The molecular formula is C28H33NO5S2. The predicted molar refractivity (Wildman–Crippen MR) is 145 cm³/mol. The summed E-state index contributed by atoms with van der Waals surface area (Å²) < 4.78 is 38.7. The van der Waals surface area contributed by atoms with Crippen molar-refractivity contribution in [1.82, 2.24) is 4.31 Å². The molecule has 3 aromatic rings. The SMILES string of the molecule is CCCN(CCSc1ccc(OCC(=O)OCC)c(C)c1)S(=O)(=O)c1ccc(-c2ccccc2)cc1. The number of nitrogens with zero attached hydrogens (tertiary/aromatic N) is 1. The zero-order valence-electron chi connectivity index (χ0n) is 21.0. The van der Waals surface area contributed by atoms with E-state index in [2.05, 4.69) is 0 Å². The molecule has 0 saturated carbocycles. The maximum absolute atomic E-state index is 13.3. The van der Waals surface area contributed by atoms with Gasteiger partial charge in [0.2, 0.25) is 10.0 Å². The first-order chi connectivity index (χ1) is 17.3. The van der Waals surface area contributed by atoms with E-state index in [1.165, 1.54) is 0 Å². The molecule has 0 fully saturated rings. The Labute approximate surface area is 218 Å². The van der Waals surface area contributed by atoms with E-state index in [1.54, 1.807) is 35.1 Å². The van der Waals surface area contributed by atoms with Crippen molar-refractivity contribution in [2.24, 2.45) is 0 Å². The Kier molecular flexibility index (Phi) is 10.4.